The Labute approximate surface area is 96.9 Å². The fourth-order valence-corrected chi connectivity index (χ4v) is 1.40. The fraction of sp³-hybridized carbons (Fsp3) is 0.273. The number of rotatable bonds is 4. The summed E-state index contributed by atoms with van der Waals surface area (Å²) in [6.07, 6.45) is 0. The monoisotopic (exact) mass is 237 g/mol. The van der Waals surface area contributed by atoms with Crippen LogP contribution in [-0.2, 0) is 6.61 Å². The summed E-state index contributed by atoms with van der Waals surface area (Å²) in [5.74, 6) is -1.81. The third-order valence-corrected chi connectivity index (χ3v) is 2.10. The summed E-state index contributed by atoms with van der Waals surface area (Å²) < 4.78 is 27.2. The van der Waals surface area contributed by atoms with Crippen molar-refractivity contribution < 1.29 is 13.9 Å². The average Bonchev–Trinajstić information content (AvgIpc) is 2.28. The minimum Gasteiger partial charge on any atom is -0.392 e. The van der Waals surface area contributed by atoms with E-state index in [0.717, 1.165) is 17.0 Å². The number of benzene rings is 1. The number of hydrogen-bond acceptors (Lipinski definition) is 4. The van der Waals surface area contributed by atoms with Crippen LogP contribution >= 0.6 is 0 Å². The molecule has 1 N–H and O–H groups in total. The second-order valence-corrected chi connectivity index (χ2v) is 3.24. The van der Waals surface area contributed by atoms with E-state index in [1.807, 2.05) is 0 Å². The van der Waals surface area contributed by atoms with Crippen LogP contribution in [0.25, 0.3) is 0 Å². The topological polar surface area (TPSA) is 71.0 Å². The van der Waals surface area contributed by atoms with Crippen molar-refractivity contribution in [2.24, 2.45) is 0 Å². The summed E-state index contributed by atoms with van der Waals surface area (Å²) >= 11 is 0. The average molecular weight is 237 g/mol. The summed E-state index contributed by atoms with van der Waals surface area (Å²) in [6.45, 7) is -1.07. The molecule has 6 heteroatoms. The molecule has 0 aliphatic heterocycles. The van der Waals surface area contributed by atoms with Crippen molar-refractivity contribution in [1.29, 1.82) is 10.5 Å². The zero-order chi connectivity index (χ0) is 12.8. The minimum atomic E-state index is -0.903. The molecule has 0 saturated heterocycles. The van der Waals surface area contributed by atoms with Crippen LogP contribution in [-0.4, -0.2) is 18.2 Å². The van der Waals surface area contributed by atoms with Crippen LogP contribution in [0.2, 0.25) is 0 Å². The number of hydrogen-bond donors (Lipinski definition) is 1. The van der Waals surface area contributed by atoms with E-state index in [-0.39, 0.29) is 18.7 Å². The predicted octanol–water partition coefficient (Wildman–Crippen LogP) is 1.31. The molecule has 17 heavy (non-hydrogen) atoms. The van der Waals surface area contributed by atoms with Crippen LogP contribution in [0.1, 0.15) is 5.56 Å². The number of anilines is 1. The van der Waals surface area contributed by atoms with Crippen molar-refractivity contribution in [2.75, 3.05) is 18.0 Å². The quantitative estimate of drug-likeness (QED) is 0.801. The molecular formula is C11H9F2N3O. The number of aliphatic hydroxyl groups excluding tert-OH is 1. The van der Waals surface area contributed by atoms with E-state index < -0.39 is 23.9 Å². The van der Waals surface area contributed by atoms with E-state index >= 15 is 0 Å². The molecule has 0 heterocycles. The Morgan fingerprint density at radius 1 is 1.12 bits per heavy atom. The standard InChI is InChI=1S/C11H9F2N3O/c12-9-5-8(7-17)6-10(13)11(9)16(3-1-14)4-2-15/h5-6,17H,3-4,7H2. The van der Waals surface area contributed by atoms with Gasteiger partial charge in [-0.05, 0) is 17.7 Å². The van der Waals surface area contributed by atoms with Gasteiger partial charge in [-0.1, -0.05) is 0 Å². The number of halogens is 2. The second-order valence-electron chi connectivity index (χ2n) is 3.24. The number of aliphatic hydroxyl groups is 1. The maximum absolute atomic E-state index is 13.6. The molecule has 1 aromatic carbocycles. The maximum atomic E-state index is 13.6. The molecule has 0 bridgehead atoms. The molecule has 0 fully saturated rings. The molecule has 4 nitrogen and oxygen atoms in total. The summed E-state index contributed by atoms with van der Waals surface area (Å²) in [5.41, 5.74) is -0.331. The van der Waals surface area contributed by atoms with Crippen molar-refractivity contribution in [3.05, 3.63) is 29.3 Å². The third kappa shape index (κ3) is 2.90. The van der Waals surface area contributed by atoms with Gasteiger partial charge in [0.15, 0.2) is 0 Å². The molecule has 0 saturated carbocycles. The molecule has 0 aliphatic rings. The molecule has 1 rings (SSSR count). The van der Waals surface area contributed by atoms with Crippen LogP contribution in [0.4, 0.5) is 14.5 Å². The smallest absolute Gasteiger partial charge is 0.149 e. The lowest BCUT2D eigenvalue weighted by Gasteiger charge is -2.19. The Hall–Kier alpha value is -2.18. The van der Waals surface area contributed by atoms with Gasteiger partial charge in [0.25, 0.3) is 0 Å². The molecule has 0 amide bonds. The van der Waals surface area contributed by atoms with Gasteiger partial charge in [-0.3, -0.25) is 0 Å². The SMILES string of the molecule is N#CCN(CC#N)c1c(F)cc(CO)cc1F. The van der Waals surface area contributed by atoms with Crippen molar-refractivity contribution in [1.82, 2.24) is 0 Å². The Morgan fingerprint density at radius 2 is 1.59 bits per heavy atom. The Bertz CT molecular complexity index is 451. The molecule has 1 aromatic rings. The van der Waals surface area contributed by atoms with Gasteiger partial charge in [0.1, 0.15) is 30.4 Å². The summed E-state index contributed by atoms with van der Waals surface area (Å²) in [7, 11) is 0. The Kier molecular flexibility index (Phi) is 4.38. The highest BCUT2D eigenvalue weighted by molar-refractivity contribution is 5.52. The van der Waals surface area contributed by atoms with E-state index in [1.54, 1.807) is 12.1 Å². The minimum absolute atomic E-state index is 0.0950. The van der Waals surface area contributed by atoms with Gasteiger partial charge >= 0.3 is 0 Å². The van der Waals surface area contributed by atoms with Gasteiger partial charge in [0.05, 0.1) is 18.7 Å². The lowest BCUT2D eigenvalue weighted by atomic mass is 10.1. The predicted molar refractivity (Wildman–Crippen MR) is 55.7 cm³/mol. The van der Waals surface area contributed by atoms with E-state index in [4.69, 9.17) is 15.6 Å². The van der Waals surface area contributed by atoms with E-state index in [2.05, 4.69) is 0 Å². The molecule has 0 spiro atoms. The normalized spacial score (nSPS) is 9.47. The Balaban J connectivity index is 3.20. The lowest BCUT2D eigenvalue weighted by Crippen LogP contribution is -2.26. The van der Waals surface area contributed by atoms with E-state index in [0.29, 0.717) is 0 Å². The first-order chi connectivity index (χ1) is 8.13. The highest BCUT2D eigenvalue weighted by Gasteiger charge is 2.17. The van der Waals surface area contributed by atoms with E-state index in [9.17, 15) is 8.78 Å². The van der Waals surface area contributed by atoms with Gasteiger partial charge in [-0.15, -0.1) is 0 Å². The summed E-state index contributed by atoms with van der Waals surface area (Å²) in [4.78, 5) is 0.992. The van der Waals surface area contributed by atoms with Crippen LogP contribution in [0.15, 0.2) is 12.1 Å². The van der Waals surface area contributed by atoms with Crippen LogP contribution in [0.5, 0.6) is 0 Å². The highest BCUT2D eigenvalue weighted by Crippen LogP contribution is 2.24. The van der Waals surface area contributed by atoms with Crippen molar-refractivity contribution in [3.63, 3.8) is 0 Å². The van der Waals surface area contributed by atoms with Crippen molar-refractivity contribution >= 4 is 5.69 Å². The maximum Gasteiger partial charge on any atom is 0.149 e. The largest absolute Gasteiger partial charge is 0.392 e. The second kappa shape index (κ2) is 5.78. The first kappa shape index (κ1) is 12.9. The summed E-state index contributed by atoms with van der Waals surface area (Å²) in [5, 5.41) is 25.8. The van der Waals surface area contributed by atoms with Gasteiger partial charge in [0, 0.05) is 0 Å². The van der Waals surface area contributed by atoms with Crippen molar-refractivity contribution in [3.8, 4) is 12.1 Å². The molecular weight excluding hydrogens is 228 g/mol. The van der Waals surface area contributed by atoms with Gasteiger partial charge in [0.2, 0.25) is 0 Å². The Morgan fingerprint density at radius 3 is 1.94 bits per heavy atom. The molecule has 0 unspecified atom stereocenters. The number of nitriles is 2. The van der Waals surface area contributed by atoms with Crippen LogP contribution in [0, 0.1) is 34.3 Å². The molecule has 0 atom stereocenters. The van der Waals surface area contributed by atoms with Gasteiger partial charge in [-0.25, -0.2) is 8.78 Å². The zero-order valence-corrected chi connectivity index (χ0v) is 8.82. The van der Waals surface area contributed by atoms with Crippen LogP contribution < -0.4 is 4.90 Å². The molecule has 0 aliphatic carbocycles. The number of nitrogens with zero attached hydrogens (tertiary/aromatic N) is 3. The highest BCUT2D eigenvalue weighted by atomic mass is 19.1. The van der Waals surface area contributed by atoms with Gasteiger partial charge in [-0.2, -0.15) is 10.5 Å². The van der Waals surface area contributed by atoms with Crippen LogP contribution in [0.3, 0.4) is 0 Å². The third-order valence-electron chi connectivity index (χ3n) is 2.10. The molecule has 0 radical (unpaired) electrons. The van der Waals surface area contributed by atoms with E-state index in [1.165, 1.54) is 0 Å². The molecule has 88 valence electrons. The zero-order valence-electron chi connectivity index (χ0n) is 8.82. The fourth-order valence-electron chi connectivity index (χ4n) is 1.40. The first-order valence-electron chi connectivity index (χ1n) is 4.71. The van der Waals surface area contributed by atoms with Crippen molar-refractivity contribution in [2.45, 2.75) is 6.61 Å². The lowest BCUT2D eigenvalue weighted by molar-refractivity contribution is 0.280. The molecule has 0 aromatic heterocycles. The summed E-state index contributed by atoms with van der Waals surface area (Å²) in [6, 6.07) is 5.40. The first-order valence-corrected chi connectivity index (χ1v) is 4.71. The van der Waals surface area contributed by atoms with Gasteiger partial charge < -0.3 is 10.0 Å².